The van der Waals surface area contributed by atoms with E-state index in [1.165, 1.54) is 0 Å². The van der Waals surface area contributed by atoms with Crippen LogP contribution in [-0.2, 0) is 29.8 Å². The molecule has 0 saturated carbocycles. The molecule has 7 heteroatoms. The lowest BCUT2D eigenvalue weighted by Crippen LogP contribution is -2.17. The van der Waals surface area contributed by atoms with Gasteiger partial charge < -0.3 is 14.8 Å². The predicted octanol–water partition coefficient (Wildman–Crippen LogP) is 2.37. The topological polar surface area (TPSA) is 65.4 Å². The average molecular weight is 333 g/mol. The minimum absolute atomic E-state index is 0.0695. The summed E-state index contributed by atoms with van der Waals surface area (Å²) in [5.41, 5.74) is 3.07. The molecule has 1 amide bonds. The second-order valence-corrected chi connectivity index (χ2v) is 6.29. The van der Waals surface area contributed by atoms with Crippen molar-refractivity contribution in [3.05, 3.63) is 35.0 Å². The third kappa shape index (κ3) is 3.14. The summed E-state index contributed by atoms with van der Waals surface area (Å²) in [6.45, 7) is 0. The van der Waals surface area contributed by atoms with Gasteiger partial charge in [0.15, 0.2) is 11.5 Å². The third-order valence-electron chi connectivity index (χ3n) is 3.78. The number of anilines is 1. The lowest BCUT2D eigenvalue weighted by atomic mass is 10.1. The summed E-state index contributed by atoms with van der Waals surface area (Å²) in [6.07, 6.45) is 0.271. The molecule has 122 valence electrons. The number of ether oxygens (including phenoxy) is 2. The normalized spacial score (nSPS) is 12.8. The van der Waals surface area contributed by atoms with Gasteiger partial charge in [-0.25, -0.2) is 0 Å². The van der Waals surface area contributed by atoms with Gasteiger partial charge in [-0.1, -0.05) is 6.07 Å². The van der Waals surface area contributed by atoms with E-state index in [0.717, 1.165) is 34.1 Å². The number of nitrogens with one attached hydrogen (secondary N) is 1. The molecule has 0 fully saturated rings. The lowest BCUT2D eigenvalue weighted by Gasteiger charge is -2.10. The molecule has 6 nitrogen and oxygen atoms in total. The van der Waals surface area contributed by atoms with Gasteiger partial charge in [0, 0.05) is 24.1 Å². The number of methoxy groups -OCH3 is 2. The number of rotatable bonds is 5. The zero-order valence-electron chi connectivity index (χ0n) is 13.4. The number of amides is 1. The molecule has 0 aliphatic carbocycles. The summed E-state index contributed by atoms with van der Waals surface area (Å²) in [4.78, 5) is 12.4. The molecular formula is C16H19N3O3S. The lowest BCUT2D eigenvalue weighted by molar-refractivity contribution is -0.115. The minimum atomic E-state index is -0.0695. The van der Waals surface area contributed by atoms with Crippen LogP contribution in [0.2, 0.25) is 0 Å². The standard InChI is InChI=1S/C16H19N3O3S/c1-19-16(11-8-23-9-12(11)18-19)17-15(20)7-10-4-5-13(21-2)14(6-10)22-3/h4-6H,7-9H2,1-3H3,(H,17,20). The molecule has 1 aliphatic rings. The number of thioether (sulfide) groups is 1. The first kappa shape index (κ1) is 15.7. The Bertz CT molecular complexity index is 742. The van der Waals surface area contributed by atoms with Gasteiger partial charge >= 0.3 is 0 Å². The maximum Gasteiger partial charge on any atom is 0.229 e. The molecule has 0 bridgehead atoms. The van der Waals surface area contributed by atoms with Crippen LogP contribution in [0.1, 0.15) is 16.8 Å². The molecule has 23 heavy (non-hydrogen) atoms. The van der Waals surface area contributed by atoms with Gasteiger partial charge in [0.2, 0.25) is 5.91 Å². The number of benzene rings is 1. The molecule has 2 aromatic rings. The summed E-state index contributed by atoms with van der Waals surface area (Å²) in [6, 6.07) is 5.49. The van der Waals surface area contributed by atoms with E-state index in [-0.39, 0.29) is 12.3 Å². The van der Waals surface area contributed by atoms with Crippen LogP contribution >= 0.6 is 11.8 Å². The summed E-state index contributed by atoms with van der Waals surface area (Å²) in [5, 5.41) is 7.43. The molecule has 0 radical (unpaired) electrons. The van der Waals surface area contributed by atoms with Crippen LogP contribution in [-0.4, -0.2) is 29.9 Å². The van der Waals surface area contributed by atoms with Gasteiger partial charge in [0.05, 0.1) is 26.3 Å². The van der Waals surface area contributed by atoms with Crippen molar-refractivity contribution in [3.8, 4) is 11.5 Å². The second-order valence-electron chi connectivity index (χ2n) is 5.30. The van der Waals surface area contributed by atoms with E-state index in [2.05, 4.69) is 10.4 Å². The van der Waals surface area contributed by atoms with Crippen LogP contribution in [0.5, 0.6) is 11.5 Å². The monoisotopic (exact) mass is 333 g/mol. The fraction of sp³-hybridized carbons (Fsp3) is 0.375. The molecule has 0 unspecified atom stereocenters. The first-order chi connectivity index (χ1) is 11.1. The highest BCUT2D eigenvalue weighted by Crippen LogP contribution is 2.34. The Morgan fingerprint density at radius 3 is 2.83 bits per heavy atom. The molecule has 0 atom stereocenters. The zero-order chi connectivity index (χ0) is 16.4. The van der Waals surface area contributed by atoms with E-state index in [4.69, 9.17) is 9.47 Å². The van der Waals surface area contributed by atoms with Crippen molar-refractivity contribution in [2.45, 2.75) is 17.9 Å². The van der Waals surface area contributed by atoms with Gasteiger partial charge in [-0.3, -0.25) is 9.48 Å². The van der Waals surface area contributed by atoms with Crippen LogP contribution in [0.3, 0.4) is 0 Å². The summed E-state index contributed by atoms with van der Waals surface area (Å²) < 4.78 is 12.2. The fourth-order valence-electron chi connectivity index (χ4n) is 2.65. The number of hydrogen-bond donors (Lipinski definition) is 1. The SMILES string of the molecule is COc1ccc(CC(=O)Nc2c3c(nn2C)CSC3)cc1OC. The van der Waals surface area contributed by atoms with E-state index in [1.807, 2.05) is 30.9 Å². The van der Waals surface area contributed by atoms with Crippen LogP contribution in [0.15, 0.2) is 18.2 Å². The number of fused-ring (bicyclic) bond motifs is 1. The average Bonchev–Trinajstić information content (AvgIpc) is 3.10. The molecule has 1 aliphatic heterocycles. The highest BCUT2D eigenvalue weighted by Gasteiger charge is 2.22. The highest BCUT2D eigenvalue weighted by molar-refractivity contribution is 7.98. The third-order valence-corrected chi connectivity index (χ3v) is 4.75. The fourth-order valence-corrected chi connectivity index (χ4v) is 3.68. The van der Waals surface area contributed by atoms with Crippen molar-refractivity contribution in [3.63, 3.8) is 0 Å². The number of carbonyl (C=O) groups is 1. The van der Waals surface area contributed by atoms with Gasteiger partial charge in [-0.05, 0) is 17.7 Å². The smallest absolute Gasteiger partial charge is 0.229 e. The van der Waals surface area contributed by atoms with E-state index in [0.29, 0.717) is 11.5 Å². The van der Waals surface area contributed by atoms with Crippen LogP contribution < -0.4 is 14.8 Å². The number of carbonyl (C=O) groups excluding carboxylic acids is 1. The summed E-state index contributed by atoms with van der Waals surface area (Å²) >= 11 is 1.81. The molecule has 1 N–H and O–H groups in total. The Balaban J connectivity index is 1.73. The first-order valence-electron chi connectivity index (χ1n) is 7.25. The number of aromatic nitrogens is 2. The maximum absolute atomic E-state index is 12.4. The molecular weight excluding hydrogens is 314 g/mol. The highest BCUT2D eigenvalue weighted by atomic mass is 32.2. The zero-order valence-corrected chi connectivity index (χ0v) is 14.2. The molecule has 0 spiro atoms. The Morgan fingerprint density at radius 2 is 2.09 bits per heavy atom. The minimum Gasteiger partial charge on any atom is -0.493 e. The first-order valence-corrected chi connectivity index (χ1v) is 8.41. The molecule has 1 aromatic carbocycles. The Kier molecular flexibility index (Phi) is 4.47. The van der Waals surface area contributed by atoms with Crippen LogP contribution in [0.25, 0.3) is 0 Å². The van der Waals surface area contributed by atoms with Crippen LogP contribution in [0.4, 0.5) is 5.82 Å². The van der Waals surface area contributed by atoms with Gasteiger partial charge in [-0.2, -0.15) is 16.9 Å². The van der Waals surface area contributed by atoms with Crippen molar-refractivity contribution in [1.82, 2.24) is 9.78 Å². The molecule has 0 saturated heterocycles. The number of nitrogens with zero attached hydrogens (tertiary/aromatic N) is 2. The van der Waals surface area contributed by atoms with Gasteiger partial charge in [0.25, 0.3) is 0 Å². The Labute approximate surface area is 139 Å². The van der Waals surface area contributed by atoms with Crippen molar-refractivity contribution in [1.29, 1.82) is 0 Å². The van der Waals surface area contributed by atoms with Crippen molar-refractivity contribution >= 4 is 23.5 Å². The second kappa shape index (κ2) is 6.54. The van der Waals surface area contributed by atoms with Gasteiger partial charge in [-0.15, -0.1) is 0 Å². The molecule has 2 heterocycles. The van der Waals surface area contributed by atoms with Gasteiger partial charge in [0.1, 0.15) is 5.82 Å². The van der Waals surface area contributed by atoms with Crippen molar-refractivity contribution in [2.24, 2.45) is 7.05 Å². The Hall–Kier alpha value is -2.15. The Morgan fingerprint density at radius 1 is 1.30 bits per heavy atom. The predicted molar refractivity (Wildman–Crippen MR) is 90.1 cm³/mol. The maximum atomic E-state index is 12.4. The molecule has 1 aromatic heterocycles. The van der Waals surface area contributed by atoms with Crippen molar-refractivity contribution < 1.29 is 14.3 Å². The van der Waals surface area contributed by atoms with E-state index >= 15 is 0 Å². The number of hydrogen-bond acceptors (Lipinski definition) is 5. The largest absolute Gasteiger partial charge is 0.493 e. The van der Waals surface area contributed by atoms with E-state index in [9.17, 15) is 4.79 Å². The quantitative estimate of drug-likeness (QED) is 0.910. The van der Waals surface area contributed by atoms with E-state index in [1.54, 1.807) is 25.0 Å². The summed E-state index contributed by atoms with van der Waals surface area (Å²) in [5.74, 6) is 3.81. The van der Waals surface area contributed by atoms with Crippen LogP contribution in [0, 0.1) is 0 Å². The van der Waals surface area contributed by atoms with E-state index < -0.39 is 0 Å². The van der Waals surface area contributed by atoms with Crippen molar-refractivity contribution in [2.75, 3.05) is 19.5 Å². The molecule has 3 rings (SSSR count). The number of aryl methyl sites for hydroxylation is 1. The summed E-state index contributed by atoms with van der Waals surface area (Å²) in [7, 11) is 5.03.